The van der Waals surface area contributed by atoms with Gasteiger partial charge >= 0.3 is 0 Å². The van der Waals surface area contributed by atoms with Crippen LogP contribution in [0.3, 0.4) is 0 Å². The zero-order chi connectivity index (χ0) is 16.9. The third-order valence-corrected chi connectivity index (χ3v) is 4.19. The van der Waals surface area contributed by atoms with Crippen molar-refractivity contribution in [3.63, 3.8) is 0 Å². The Bertz CT molecular complexity index is 868. The first kappa shape index (κ1) is 16.4. The fraction of sp³-hybridized carbons (Fsp3) is 0.167. The van der Waals surface area contributed by atoms with E-state index in [1.165, 1.54) is 12.1 Å². The van der Waals surface area contributed by atoms with Gasteiger partial charge in [0.2, 0.25) is 0 Å². The van der Waals surface area contributed by atoms with Crippen LogP contribution in [-0.4, -0.2) is 34.4 Å². The molecule has 0 unspecified atom stereocenters. The van der Waals surface area contributed by atoms with E-state index in [0.717, 1.165) is 22.3 Å². The summed E-state index contributed by atoms with van der Waals surface area (Å²) in [5.74, 6) is 0.353. The van der Waals surface area contributed by atoms with E-state index in [0.29, 0.717) is 17.8 Å². The van der Waals surface area contributed by atoms with Gasteiger partial charge in [-0.25, -0.2) is 9.37 Å². The Morgan fingerprint density at radius 3 is 2.71 bits per heavy atom. The third-order valence-electron chi connectivity index (χ3n) is 3.58. The molecule has 0 saturated carbocycles. The van der Waals surface area contributed by atoms with Crippen molar-refractivity contribution in [1.82, 2.24) is 15.3 Å². The summed E-state index contributed by atoms with van der Waals surface area (Å²) in [5, 5.41) is 3.67. The second-order valence-corrected chi connectivity index (χ2v) is 6.20. The summed E-state index contributed by atoms with van der Waals surface area (Å²) in [6.45, 7) is 0.598. The molecule has 0 fully saturated rings. The first-order chi connectivity index (χ1) is 11.7. The monoisotopic (exact) mass is 341 g/mol. The normalized spacial score (nSPS) is 10.8. The number of benzene rings is 1. The van der Waals surface area contributed by atoms with E-state index in [1.807, 2.05) is 12.3 Å². The molecule has 1 N–H and O–H groups in total. The molecule has 0 aliphatic carbocycles. The Morgan fingerprint density at radius 1 is 1.17 bits per heavy atom. The van der Waals surface area contributed by atoms with Crippen molar-refractivity contribution in [3.8, 4) is 11.1 Å². The summed E-state index contributed by atoms with van der Waals surface area (Å²) in [7, 11) is 0. The number of nitrogens with zero attached hydrogens (tertiary/aromatic N) is 2. The number of aromatic nitrogens is 2. The molecule has 6 heteroatoms. The van der Waals surface area contributed by atoms with Gasteiger partial charge in [0.25, 0.3) is 5.91 Å². The van der Waals surface area contributed by atoms with Crippen LogP contribution in [0.4, 0.5) is 4.39 Å². The highest BCUT2D eigenvalue weighted by Gasteiger charge is 2.11. The number of pyridine rings is 2. The van der Waals surface area contributed by atoms with Gasteiger partial charge in [0.1, 0.15) is 11.5 Å². The molecule has 0 aliphatic rings. The summed E-state index contributed by atoms with van der Waals surface area (Å²) < 4.78 is 13.1. The molecule has 1 aromatic carbocycles. The lowest BCUT2D eigenvalue weighted by atomic mass is 10.0. The first-order valence-corrected chi connectivity index (χ1v) is 8.86. The van der Waals surface area contributed by atoms with Crippen LogP contribution < -0.4 is 5.32 Å². The van der Waals surface area contributed by atoms with Gasteiger partial charge in [-0.2, -0.15) is 11.8 Å². The standard InChI is InChI=1S/C18H16FN3OS/c1-24-9-8-21-18(23)16-7-4-13-10-20-11-15(17(13)22-16)12-2-5-14(19)6-3-12/h2-7,10-11H,8-9H2,1H3,(H,21,23). The summed E-state index contributed by atoms with van der Waals surface area (Å²) in [6.07, 6.45) is 5.37. The van der Waals surface area contributed by atoms with Gasteiger partial charge in [-0.15, -0.1) is 0 Å². The van der Waals surface area contributed by atoms with Crippen LogP contribution in [0.2, 0.25) is 0 Å². The minimum Gasteiger partial charge on any atom is -0.350 e. The molecule has 3 rings (SSSR count). The van der Waals surface area contributed by atoms with Gasteiger partial charge in [0, 0.05) is 35.6 Å². The maximum absolute atomic E-state index is 13.1. The van der Waals surface area contributed by atoms with Crippen LogP contribution >= 0.6 is 11.8 Å². The second kappa shape index (κ2) is 7.40. The smallest absolute Gasteiger partial charge is 0.269 e. The molecule has 1 amide bonds. The van der Waals surface area contributed by atoms with Gasteiger partial charge in [-0.1, -0.05) is 12.1 Å². The maximum atomic E-state index is 13.1. The molecule has 0 atom stereocenters. The van der Waals surface area contributed by atoms with E-state index >= 15 is 0 Å². The number of carbonyl (C=O) groups excluding carboxylic acids is 1. The number of rotatable bonds is 5. The summed E-state index contributed by atoms with van der Waals surface area (Å²) in [4.78, 5) is 20.9. The Labute approximate surface area is 143 Å². The Kier molecular flexibility index (Phi) is 5.05. The van der Waals surface area contributed by atoms with Crippen molar-refractivity contribution in [2.75, 3.05) is 18.6 Å². The summed E-state index contributed by atoms with van der Waals surface area (Å²) >= 11 is 1.67. The fourth-order valence-electron chi connectivity index (χ4n) is 2.37. The number of thioether (sulfide) groups is 1. The number of amides is 1. The second-order valence-electron chi connectivity index (χ2n) is 5.21. The Morgan fingerprint density at radius 2 is 1.96 bits per heavy atom. The highest BCUT2D eigenvalue weighted by Crippen LogP contribution is 2.26. The number of fused-ring (bicyclic) bond motifs is 1. The third kappa shape index (κ3) is 3.54. The predicted octanol–water partition coefficient (Wildman–Crippen LogP) is 3.53. The zero-order valence-electron chi connectivity index (χ0n) is 13.1. The number of hydrogen-bond donors (Lipinski definition) is 1. The van der Waals surface area contributed by atoms with Crippen molar-refractivity contribution in [3.05, 3.63) is 60.3 Å². The van der Waals surface area contributed by atoms with Crippen LogP contribution in [0.1, 0.15) is 10.5 Å². The molecule has 2 heterocycles. The van der Waals surface area contributed by atoms with Crippen LogP contribution in [0.15, 0.2) is 48.8 Å². The molecule has 2 aromatic heterocycles. The van der Waals surface area contributed by atoms with E-state index in [9.17, 15) is 9.18 Å². The van der Waals surface area contributed by atoms with Crippen molar-refractivity contribution < 1.29 is 9.18 Å². The molecule has 24 heavy (non-hydrogen) atoms. The molecule has 0 bridgehead atoms. The topological polar surface area (TPSA) is 54.9 Å². The van der Waals surface area contributed by atoms with Crippen molar-refractivity contribution in [2.24, 2.45) is 0 Å². The van der Waals surface area contributed by atoms with Crippen LogP contribution in [-0.2, 0) is 0 Å². The minimum absolute atomic E-state index is 0.201. The number of carbonyl (C=O) groups is 1. The van der Waals surface area contributed by atoms with Gasteiger partial charge in [0.05, 0.1) is 5.52 Å². The minimum atomic E-state index is -0.297. The number of nitrogens with one attached hydrogen (secondary N) is 1. The molecule has 0 saturated heterocycles. The highest BCUT2D eigenvalue weighted by atomic mass is 32.2. The average Bonchev–Trinajstić information content (AvgIpc) is 2.61. The van der Waals surface area contributed by atoms with E-state index in [4.69, 9.17) is 0 Å². The molecular weight excluding hydrogens is 325 g/mol. The van der Waals surface area contributed by atoms with E-state index in [-0.39, 0.29) is 11.7 Å². The summed E-state index contributed by atoms with van der Waals surface area (Å²) in [6, 6.07) is 9.66. The predicted molar refractivity (Wildman–Crippen MR) is 95.6 cm³/mol. The lowest BCUT2D eigenvalue weighted by Crippen LogP contribution is -2.26. The van der Waals surface area contributed by atoms with E-state index in [1.54, 1.807) is 42.4 Å². The van der Waals surface area contributed by atoms with Crippen LogP contribution in [0.25, 0.3) is 22.0 Å². The van der Waals surface area contributed by atoms with Gasteiger partial charge < -0.3 is 5.32 Å². The molecule has 0 aliphatic heterocycles. The molecule has 4 nitrogen and oxygen atoms in total. The quantitative estimate of drug-likeness (QED) is 0.721. The Hall–Kier alpha value is -2.47. The van der Waals surface area contributed by atoms with Gasteiger partial charge in [0.15, 0.2) is 0 Å². The largest absolute Gasteiger partial charge is 0.350 e. The van der Waals surface area contributed by atoms with Gasteiger partial charge in [-0.05, 0) is 36.1 Å². The van der Waals surface area contributed by atoms with Crippen molar-refractivity contribution in [2.45, 2.75) is 0 Å². The number of halogens is 1. The molecule has 0 radical (unpaired) electrons. The van der Waals surface area contributed by atoms with Crippen LogP contribution in [0.5, 0.6) is 0 Å². The maximum Gasteiger partial charge on any atom is 0.269 e. The van der Waals surface area contributed by atoms with E-state index < -0.39 is 0 Å². The highest BCUT2D eigenvalue weighted by molar-refractivity contribution is 7.98. The fourth-order valence-corrected chi connectivity index (χ4v) is 2.67. The molecule has 0 spiro atoms. The lowest BCUT2D eigenvalue weighted by molar-refractivity contribution is 0.0951. The molecular formula is C18H16FN3OS. The molecule has 122 valence electrons. The average molecular weight is 341 g/mol. The van der Waals surface area contributed by atoms with Crippen LogP contribution in [0, 0.1) is 5.82 Å². The Balaban J connectivity index is 2.00. The SMILES string of the molecule is CSCCNC(=O)c1ccc2cncc(-c3ccc(F)cc3)c2n1. The van der Waals surface area contributed by atoms with Crippen molar-refractivity contribution >= 4 is 28.6 Å². The zero-order valence-corrected chi connectivity index (χ0v) is 13.9. The molecule has 3 aromatic rings. The first-order valence-electron chi connectivity index (χ1n) is 7.47. The van der Waals surface area contributed by atoms with Crippen molar-refractivity contribution in [1.29, 1.82) is 0 Å². The van der Waals surface area contributed by atoms with E-state index in [2.05, 4.69) is 15.3 Å². The van der Waals surface area contributed by atoms with Gasteiger partial charge in [-0.3, -0.25) is 9.78 Å². The summed E-state index contributed by atoms with van der Waals surface area (Å²) in [5.41, 5.74) is 2.61. The number of hydrogen-bond acceptors (Lipinski definition) is 4. The lowest BCUT2D eigenvalue weighted by Gasteiger charge is -2.08.